The number of hydrogen-bond donors (Lipinski definition) is 1. The molecule has 0 radical (unpaired) electrons. The third-order valence-corrected chi connectivity index (χ3v) is 3.79. The lowest BCUT2D eigenvalue weighted by Crippen LogP contribution is -2.28. The molecule has 0 amide bonds. The Labute approximate surface area is 143 Å². The van der Waals surface area contributed by atoms with E-state index in [1.165, 1.54) is 6.07 Å². The molecule has 1 aromatic carbocycles. The molecule has 6 nitrogen and oxygen atoms in total. The molecule has 1 aromatic rings. The van der Waals surface area contributed by atoms with Gasteiger partial charge < -0.3 is 20.1 Å². The van der Waals surface area contributed by atoms with Crippen LogP contribution in [0.2, 0.25) is 0 Å². The van der Waals surface area contributed by atoms with Crippen molar-refractivity contribution >= 4 is 17.6 Å². The van der Waals surface area contributed by atoms with Crippen LogP contribution in [0.15, 0.2) is 18.2 Å². The van der Waals surface area contributed by atoms with Gasteiger partial charge in [-0.15, -0.1) is 0 Å². The molecule has 0 atom stereocenters. The number of nitrogens with two attached hydrogens (primary N) is 1. The second-order valence-corrected chi connectivity index (χ2v) is 5.42. The van der Waals surface area contributed by atoms with Crippen molar-refractivity contribution in [2.75, 3.05) is 38.6 Å². The number of hydrogen-bond acceptors (Lipinski definition) is 6. The Bertz CT molecular complexity index is 542. The van der Waals surface area contributed by atoms with E-state index in [9.17, 15) is 9.59 Å². The Balaban J connectivity index is 2.77. The first kappa shape index (κ1) is 20.0. The Morgan fingerprint density at radius 2 is 1.71 bits per heavy atom. The third kappa shape index (κ3) is 5.85. The zero-order valence-electron chi connectivity index (χ0n) is 14.8. The lowest BCUT2D eigenvalue weighted by Gasteiger charge is -2.18. The number of carbonyl (C=O) groups is 2. The first-order valence-corrected chi connectivity index (χ1v) is 8.50. The maximum absolute atomic E-state index is 12.3. The zero-order valence-corrected chi connectivity index (χ0v) is 14.8. The van der Waals surface area contributed by atoms with E-state index in [0.29, 0.717) is 13.2 Å². The minimum Gasteiger partial charge on any atom is -0.462 e. The molecule has 0 saturated heterocycles. The van der Waals surface area contributed by atoms with E-state index in [-0.39, 0.29) is 23.4 Å². The maximum atomic E-state index is 12.3. The van der Waals surface area contributed by atoms with Gasteiger partial charge in [0.2, 0.25) is 0 Å². The van der Waals surface area contributed by atoms with E-state index in [1.54, 1.807) is 12.1 Å². The molecule has 1 rings (SSSR count). The molecule has 2 N–H and O–H groups in total. The number of esters is 2. The molecule has 0 spiro atoms. The second-order valence-electron chi connectivity index (χ2n) is 5.42. The Kier molecular flexibility index (Phi) is 8.86. The summed E-state index contributed by atoms with van der Waals surface area (Å²) in [6, 6.07) is 4.73. The molecule has 0 aliphatic carbocycles. The van der Waals surface area contributed by atoms with Crippen molar-refractivity contribution in [1.82, 2.24) is 4.90 Å². The minimum atomic E-state index is -0.586. The van der Waals surface area contributed by atoms with E-state index in [4.69, 9.17) is 15.2 Å². The van der Waals surface area contributed by atoms with Gasteiger partial charge in [-0.1, -0.05) is 33.3 Å². The number of carbonyl (C=O) groups excluding carboxylic acids is 2. The summed E-state index contributed by atoms with van der Waals surface area (Å²) in [6.07, 6.45) is 1.68. The van der Waals surface area contributed by atoms with Crippen LogP contribution < -0.4 is 5.73 Å². The van der Waals surface area contributed by atoms with Gasteiger partial charge in [0.25, 0.3) is 0 Å². The van der Waals surface area contributed by atoms with E-state index in [0.717, 1.165) is 25.9 Å². The lowest BCUT2D eigenvalue weighted by atomic mass is 10.1. The smallest absolute Gasteiger partial charge is 0.341 e. The number of ether oxygens (including phenoxy) is 2. The van der Waals surface area contributed by atoms with Crippen molar-refractivity contribution in [1.29, 1.82) is 0 Å². The predicted molar refractivity (Wildman–Crippen MR) is 94.1 cm³/mol. The molecule has 0 aromatic heterocycles. The number of unbranched alkanes of at least 4 members (excludes halogenated alkanes) is 1. The fraction of sp³-hybridized carbons (Fsp3) is 0.556. The van der Waals surface area contributed by atoms with Gasteiger partial charge in [-0.25, -0.2) is 9.59 Å². The molecule has 0 unspecified atom stereocenters. The Morgan fingerprint density at radius 1 is 1.04 bits per heavy atom. The molecule has 6 heteroatoms. The lowest BCUT2D eigenvalue weighted by molar-refractivity contribution is 0.0434. The van der Waals surface area contributed by atoms with Crippen LogP contribution in [0, 0.1) is 0 Å². The van der Waals surface area contributed by atoms with Crippen molar-refractivity contribution in [3.05, 3.63) is 29.3 Å². The maximum Gasteiger partial charge on any atom is 0.341 e. The molecule has 0 aliphatic rings. The Hall–Kier alpha value is -2.08. The average molecular weight is 336 g/mol. The molecular formula is C18H28N2O4. The van der Waals surface area contributed by atoms with Crippen LogP contribution in [0.5, 0.6) is 0 Å². The summed E-state index contributed by atoms with van der Waals surface area (Å²) in [5.41, 5.74) is 6.32. The zero-order chi connectivity index (χ0) is 17.9. The fourth-order valence-electron chi connectivity index (χ4n) is 2.23. The van der Waals surface area contributed by atoms with E-state index in [1.807, 2.05) is 20.8 Å². The standard InChI is InChI=1S/C18H28N2O4/c1-4-7-12-23-18(22)16-14(9-8-10-15(16)19)17(21)24-13-11-20(5-2)6-3/h8-10H,4-7,11-13,19H2,1-3H3. The summed E-state index contributed by atoms with van der Waals surface area (Å²) in [7, 11) is 0. The highest BCUT2D eigenvalue weighted by atomic mass is 16.5. The molecule has 0 heterocycles. The van der Waals surface area contributed by atoms with E-state index in [2.05, 4.69) is 4.90 Å². The summed E-state index contributed by atoms with van der Waals surface area (Å²) in [5.74, 6) is -1.14. The number of nitrogen functional groups attached to an aromatic ring is 1. The van der Waals surface area contributed by atoms with Crippen LogP contribution in [0.25, 0.3) is 0 Å². The SMILES string of the molecule is CCCCOC(=O)c1c(N)cccc1C(=O)OCCN(CC)CC. The first-order chi connectivity index (χ1) is 11.5. The Morgan fingerprint density at radius 3 is 2.33 bits per heavy atom. The monoisotopic (exact) mass is 336 g/mol. The molecule has 0 saturated carbocycles. The quantitative estimate of drug-likeness (QED) is 0.402. The van der Waals surface area contributed by atoms with Gasteiger partial charge >= 0.3 is 11.9 Å². The second kappa shape index (κ2) is 10.6. The largest absolute Gasteiger partial charge is 0.462 e. The van der Waals surface area contributed by atoms with Crippen molar-refractivity contribution in [2.24, 2.45) is 0 Å². The topological polar surface area (TPSA) is 81.9 Å². The van der Waals surface area contributed by atoms with Crippen molar-refractivity contribution in [2.45, 2.75) is 33.6 Å². The van der Waals surface area contributed by atoms with Gasteiger partial charge in [-0.05, 0) is 31.6 Å². The summed E-state index contributed by atoms with van der Waals surface area (Å²) in [5, 5.41) is 0. The highest BCUT2D eigenvalue weighted by Gasteiger charge is 2.22. The van der Waals surface area contributed by atoms with Gasteiger partial charge in [0.1, 0.15) is 6.61 Å². The van der Waals surface area contributed by atoms with Gasteiger partial charge in [-0.2, -0.15) is 0 Å². The van der Waals surface area contributed by atoms with Gasteiger partial charge in [-0.3, -0.25) is 0 Å². The molecule has 0 bridgehead atoms. The first-order valence-electron chi connectivity index (χ1n) is 8.50. The van der Waals surface area contributed by atoms with Crippen LogP contribution in [-0.4, -0.2) is 49.7 Å². The van der Waals surface area contributed by atoms with Crippen LogP contribution >= 0.6 is 0 Å². The summed E-state index contributed by atoms with van der Waals surface area (Å²) >= 11 is 0. The van der Waals surface area contributed by atoms with Crippen LogP contribution in [0.3, 0.4) is 0 Å². The normalized spacial score (nSPS) is 10.7. The number of nitrogens with zero attached hydrogens (tertiary/aromatic N) is 1. The minimum absolute atomic E-state index is 0.0847. The molecular weight excluding hydrogens is 308 g/mol. The van der Waals surface area contributed by atoms with Gasteiger partial charge in [0.15, 0.2) is 0 Å². The van der Waals surface area contributed by atoms with Crippen molar-refractivity contribution in [3.8, 4) is 0 Å². The molecule has 0 aliphatic heterocycles. The van der Waals surface area contributed by atoms with Crippen molar-refractivity contribution in [3.63, 3.8) is 0 Å². The number of benzene rings is 1. The molecule has 0 fully saturated rings. The summed E-state index contributed by atoms with van der Waals surface area (Å²) < 4.78 is 10.5. The van der Waals surface area contributed by atoms with Gasteiger partial charge in [0, 0.05) is 12.2 Å². The van der Waals surface area contributed by atoms with E-state index < -0.39 is 11.9 Å². The number of rotatable bonds is 10. The van der Waals surface area contributed by atoms with Crippen LogP contribution in [-0.2, 0) is 9.47 Å². The molecule has 134 valence electrons. The fourth-order valence-corrected chi connectivity index (χ4v) is 2.23. The average Bonchev–Trinajstić information content (AvgIpc) is 2.58. The summed E-state index contributed by atoms with van der Waals surface area (Å²) in [4.78, 5) is 26.7. The van der Waals surface area contributed by atoms with Crippen molar-refractivity contribution < 1.29 is 19.1 Å². The third-order valence-electron chi connectivity index (χ3n) is 3.79. The highest BCUT2D eigenvalue weighted by molar-refractivity contribution is 6.06. The highest BCUT2D eigenvalue weighted by Crippen LogP contribution is 2.19. The predicted octanol–water partition coefficient (Wildman–Crippen LogP) is 2.72. The van der Waals surface area contributed by atoms with E-state index >= 15 is 0 Å². The van der Waals surface area contributed by atoms with Crippen LogP contribution in [0.1, 0.15) is 54.3 Å². The number of likely N-dealkylation sites (N-methyl/N-ethyl adjacent to an activating group) is 1. The van der Waals surface area contributed by atoms with Gasteiger partial charge in [0.05, 0.1) is 17.7 Å². The number of anilines is 1. The van der Waals surface area contributed by atoms with Crippen LogP contribution in [0.4, 0.5) is 5.69 Å². The molecule has 24 heavy (non-hydrogen) atoms. The summed E-state index contributed by atoms with van der Waals surface area (Å²) in [6.45, 7) is 9.10.